The van der Waals surface area contributed by atoms with Gasteiger partial charge < -0.3 is 20.3 Å². The Morgan fingerprint density at radius 1 is 1.20 bits per heavy atom. The van der Waals surface area contributed by atoms with Gasteiger partial charge in [-0.2, -0.15) is 0 Å². The van der Waals surface area contributed by atoms with Gasteiger partial charge in [-0.1, -0.05) is 6.92 Å². The fraction of sp³-hybridized carbons (Fsp3) is 0.579. The third kappa shape index (κ3) is 6.74. The number of carbonyl (C=O) groups excluding carboxylic acids is 2. The minimum absolute atomic E-state index is 0.526. The molecule has 2 N–H and O–H groups in total. The summed E-state index contributed by atoms with van der Waals surface area (Å²) in [5, 5.41) is 5.25. The van der Waals surface area contributed by atoms with Crippen LogP contribution in [0.15, 0.2) is 24.3 Å². The Balaban J connectivity index is 1.60. The fourth-order valence-electron chi connectivity index (χ4n) is 3.09. The van der Waals surface area contributed by atoms with Crippen molar-refractivity contribution in [3.63, 3.8) is 0 Å². The minimum Gasteiger partial charge on any atom is -0.497 e. The molecule has 1 aliphatic rings. The van der Waals surface area contributed by atoms with Crippen LogP contribution in [0.5, 0.6) is 5.75 Å². The standard InChI is InChI=1S/C19H29N3O3/c1-15-6-5-13-22(14-15)12-4-3-11-20-18(23)19(24)21-16-7-9-17(25-2)10-8-16/h7-10,15H,3-6,11-14H2,1-2H3,(H,20,23)(H,21,24). The Bertz CT molecular complexity index is 560. The average molecular weight is 347 g/mol. The fourth-order valence-corrected chi connectivity index (χ4v) is 3.09. The lowest BCUT2D eigenvalue weighted by atomic mass is 10.0. The van der Waals surface area contributed by atoms with Crippen LogP contribution in [0.2, 0.25) is 0 Å². The first-order valence-corrected chi connectivity index (χ1v) is 9.04. The molecule has 2 rings (SSSR count). The monoisotopic (exact) mass is 347 g/mol. The first-order chi connectivity index (χ1) is 12.1. The van der Waals surface area contributed by atoms with Gasteiger partial charge in [0, 0.05) is 18.8 Å². The summed E-state index contributed by atoms with van der Waals surface area (Å²) in [7, 11) is 1.58. The van der Waals surface area contributed by atoms with E-state index in [1.54, 1.807) is 31.4 Å². The van der Waals surface area contributed by atoms with Crippen LogP contribution < -0.4 is 15.4 Å². The molecule has 6 heteroatoms. The Hall–Kier alpha value is -2.08. The van der Waals surface area contributed by atoms with E-state index in [0.29, 0.717) is 18.0 Å². The molecule has 0 radical (unpaired) electrons. The van der Waals surface area contributed by atoms with E-state index in [0.717, 1.165) is 25.3 Å². The molecule has 1 aromatic rings. The van der Waals surface area contributed by atoms with Gasteiger partial charge in [-0.3, -0.25) is 9.59 Å². The van der Waals surface area contributed by atoms with Crippen LogP contribution in [-0.4, -0.2) is 50.0 Å². The van der Waals surface area contributed by atoms with Gasteiger partial charge in [0.2, 0.25) is 0 Å². The van der Waals surface area contributed by atoms with Gasteiger partial charge in [-0.25, -0.2) is 0 Å². The van der Waals surface area contributed by atoms with E-state index in [9.17, 15) is 9.59 Å². The molecule has 0 aliphatic carbocycles. The predicted octanol–water partition coefficient (Wildman–Crippen LogP) is 2.26. The number of hydrogen-bond donors (Lipinski definition) is 2. The summed E-state index contributed by atoms with van der Waals surface area (Å²) < 4.78 is 5.05. The molecule has 6 nitrogen and oxygen atoms in total. The van der Waals surface area contributed by atoms with Crippen molar-refractivity contribution in [1.82, 2.24) is 10.2 Å². The average Bonchev–Trinajstić information content (AvgIpc) is 2.62. The third-order valence-corrected chi connectivity index (χ3v) is 4.48. The maximum atomic E-state index is 11.9. The molecule has 1 heterocycles. The number of likely N-dealkylation sites (tertiary alicyclic amines) is 1. The van der Waals surface area contributed by atoms with E-state index < -0.39 is 11.8 Å². The molecule has 1 atom stereocenters. The predicted molar refractivity (Wildman–Crippen MR) is 98.7 cm³/mol. The first kappa shape index (κ1) is 19.2. The summed E-state index contributed by atoms with van der Waals surface area (Å²) in [4.78, 5) is 26.2. The Kier molecular flexibility index (Phi) is 7.73. The number of unbranched alkanes of at least 4 members (excludes halogenated alkanes) is 1. The van der Waals surface area contributed by atoms with Crippen LogP contribution in [0.25, 0.3) is 0 Å². The zero-order valence-corrected chi connectivity index (χ0v) is 15.2. The van der Waals surface area contributed by atoms with Crippen LogP contribution in [0.4, 0.5) is 5.69 Å². The lowest BCUT2D eigenvalue weighted by Crippen LogP contribution is -2.37. The molecule has 0 bridgehead atoms. The molecule has 1 fully saturated rings. The first-order valence-electron chi connectivity index (χ1n) is 9.04. The molecule has 1 saturated heterocycles. The number of piperidine rings is 1. The van der Waals surface area contributed by atoms with Crippen molar-refractivity contribution in [2.45, 2.75) is 32.6 Å². The Morgan fingerprint density at radius 2 is 1.96 bits per heavy atom. The van der Waals surface area contributed by atoms with Crippen molar-refractivity contribution in [3.8, 4) is 5.75 Å². The number of ether oxygens (including phenoxy) is 1. The van der Waals surface area contributed by atoms with E-state index in [2.05, 4.69) is 22.5 Å². The Labute approximate surface area is 149 Å². The van der Waals surface area contributed by atoms with Crippen molar-refractivity contribution in [1.29, 1.82) is 0 Å². The number of rotatable bonds is 7. The van der Waals surface area contributed by atoms with Gasteiger partial charge in [-0.15, -0.1) is 0 Å². The van der Waals surface area contributed by atoms with Crippen LogP contribution in [0, 0.1) is 5.92 Å². The molecule has 138 valence electrons. The van der Waals surface area contributed by atoms with Gasteiger partial charge in [-0.05, 0) is 69.0 Å². The normalized spacial score (nSPS) is 17.8. The minimum atomic E-state index is -0.643. The van der Waals surface area contributed by atoms with E-state index in [1.807, 2.05) is 0 Å². The number of hydrogen-bond acceptors (Lipinski definition) is 4. The van der Waals surface area contributed by atoms with Crippen LogP contribution in [0.1, 0.15) is 32.6 Å². The maximum absolute atomic E-state index is 11.9. The zero-order valence-electron chi connectivity index (χ0n) is 15.2. The number of nitrogens with zero attached hydrogens (tertiary/aromatic N) is 1. The summed E-state index contributed by atoms with van der Waals surface area (Å²) in [6, 6.07) is 6.86. The highest BCUT2D eigenvalue weighted by atomic mass is 16.5. The second-order valence-corrected chi connectivity index (χ2v) is 6.69. The number of amides is 2. The van der Waals surface area contributed by atoms with Crippen molar-refractivity contribution in [3.05, 3.63) is 24.3 Å². The summed E-state index contributed by atoms with van der Waals surface area (Å²) in [6.07, 6.45) is 4.53. The molecule has 0 saturated carbocycles. The highest BCUT2D eigenvalue weighted by Crippen LogP contribution is 2.16. The number of carbonyl (C=O) groups is 2. The maximum Gasteiger partial charge on any atom is 0.313 e. The summed E-state index contributed by atoms with van der Waals surface area (Å²) in [5.74, 6) is 0.248. The second kappa shape index (κ2) is 10.0. The van der Waals surface area contributed by atoms with Crippen molar-refractivity contribution >= 4 is 17.5 Å². The number of benzene rings is 1. The van der Waals surface area contributed by atoms with Crippen LogP contribution in [-0.2, 0) is 9.59 Å². The van der Waals surface area contributed by atoms with Gasteiger partial charge in [0.25, 0.3) is 0 Å². The number of methoxy groups -OCH3 is 1. The molecule has 1 unspecified atom stereocenters. The van der Waals surface area contributed by atoms with Crippen LogP contribution >= 0.6 is 0 Å². The lowest BCUT2D eigenvalue weighted by Gasteiger charge is -2.30. The molecule has 0 aromatic heterocycles. The molecule has 0 spiro atoms. The van der Waals surface area contributed by atoms with Crippen molar-refractivity contribution in [2.24, 2.45) is 5.92 Å². The van der Waals surface area contributed by atoms with Gasteiger partial charge in [0.15, 0.2) is 0 Å². The molecular weight excluding hydrogens is 318 g/mol. The smallest absolute Gasteiger partial charge is 0.313 e. The molecule has 2 amide bonds. The summed E-state index contributed by atoms with van der Waals surface area (Å²) in [5.41, 5.74) is 0.570. The number of nitrogens with one attached hydrogen (secondary N) is 2. The largest absolute Gasteiger partial charge is 0.497 e. The van der Waals surface area contributed by atoms with Crippen LogP contribution in [0.3, 0.4) is 0 Å². The quantitative estimate of drug-likeness (QED) is 0.586. The number of anilines is 1. The van der Waals surface area contributed by atoms with Crippen molar-refractivity contribution < 1.29 is 14.3 Å². The summed E-state index contributed by atoms with van der Waals surface area (Å²) >= 11 is 0. The lowest BCUT2D eigenvalue weighted by molar-refractivity contribution is -0.136. The summed E-state index contributed by atoms with van der Waals surface area (Å²) in [6.45, 7) is 6.25. The van der Waals surface area contributed by atoms with E-state index in [1.165, 1.54) is 25.9 Å². The SMILES string of the molecule is COc1ccc(NC(=O)C(=O)NCCCCN2CCCC(C)C2)cc1. The topological polar surface area (TPSA) is 70.7 Å². The highest BCUT2D eigenvalue weighted by molar-refractivity contribution is 6.39. The molecule has 25 heavy (non-hydrogen) atoms. The van der Waals surface area contributed by atoms with E-state index in [4.69, 9.17) is 4.74 Å². The van der Waals surface area contributed by atoms with E-state index >= 15 is 0 Å². The van der Waals surface area contributed by atoms with E-state index in [-0.39, 0.29) is 0 Å². The highest BCUT2D eigenvalue weighted by Gasteiger charge is 2.16. The van der Waals surface area contributed by atoms with Gasteiger partial charge in [0.05, 0.1) is 7.11 Å². The third-order valence-electron chi connectivity index (χ3n) is 4.48. The Morgan fingerprint density at radius 3 is 2.64 bits per heavy atom. The second-order valence-electron chi connectivity index (χ2n) is 6.69. The molecular formula is C19H29N3O3. The van der Waals surface area contributed by atoms with Gasteiger partial charge in [0.1, 0.15) is 5.75 Å². The molecule has 1 aliphatic heterocycles. The zero-order chi connectivity index (χ0) is 18.1. The molecule has 1 aromatic carbocycles. The van der Waals surface area contributed by atoms with Crippen molar-refractivity contribution in [2.75, 3.05) is 38.6 Å². The van der Waals surface area contributed by atoms with Gasteiger partial charge >= 0.3 is 11.8 Å².